The van der Waals surface area contributed by atoms with Crippen LogP contribution in [0.3, 0.4) is 0 Å². The summed E-state index contributed by atoms with van der Waals surface area (Å²) in [5.41, 5.74) is 1.44. The summed E-state index contributed by atoms with van der Waals surface area (Å²) < 4.78 is 46.8. The van der Waals surface area contributed by atoms with Crippen LogP contribution in [0.1, 0.15) is 54.5 Å². The number of carbonyl (C=O) groups is 2. The van der Waals surface area contributed by atoms with Crippen LogP contribution in [0.15, 0.2) is 48.5 Å². The summed E-state index contributed by atoms with van der Waals surface area (Å²) in [6.45, 7) is 1.01. The van der Waals surface area contributed by atoms with Crippen molar-refractivity contribution in [3.8, 4) is 0 Å². The standard InChI is InChI=1S/C27H32F3N3O3/c1-33(2)15-14-31-26(35)23(34)13-10-19-9-11-20-24(17-6-4-3-5-7-17)32-22-12-8-18(27(28,29)30)16-21(22)25(20)36-19/h3-8,12,16,19-20,24-25,32H,9-11,13-15H2,1-2H3,(H,31,35)/t19-,20+,24+,25+/m1/s1. The molecular weight excluding hydrogens is 471 g/mol. The molecule has 4 atom stereocenters. The summed E-state index contributed by atoms with van der Waals surface area (Å²) in [7, 11) is 3.75. The quantitative estimate of drug-likeness (QED) is 0.510. The molecule has 0 bridgehead atoms. The highest BCUT2D eigenvalue weighted by molar-refractivity contribution is 6.36. The number of halogens is 3. The smallest absolute Gasteiger partial charge is 0.378 e. The van der Waals surface area contributed by atoms with Crippen LogP contribution in [0.4, 0.5) is 18.9 Å². The monoisotopic (exact) mass is 503 g/mol. The SMILES string of the molecule is CN(C)CCNC(=O)C(=O)CC[C@H]1CC[C@@H]2[C@H](O1)c1cc(C(F)(F)F)ccc1N[C@H]2c1ccccc1. The van der Waals surface area contributed by atoms with E-state index in [4.69, 9.17) is 4.74 Å². The van der Waals surface area contributed by atoms with Crippen molar-refractivity contribution >= 4 is 17.4 Å². The number of ether oxygens (including phenoxy) is 1. The van der Waals surface area contributed by atoms with Crippen LogP contribution in [0, 0.1) is 5.92 Å². The summed E-state index contributed by atoms with van der Waals surface area (Å²) in [6, 6.07) is 13.4. The van der Waals surface area contributed by atoms with E-state index in [9.17, 15) is 22.8 Å². The fourth-order valence-electron chi connectivity index (χ4n) is 5.03. The van der Waals surface area contributed by atoms with Crippen LogP contribution in [-0.4, -0.2) is 49.9 Å². The molecule has 0 radical (unpaired) electrons. The van der Waals surface area contributed by atoms with Gasteiger partial charge in [-0.2, -0.15) is 13.2 Å². The zero-order chi connectivity index (χ0) is 25.9. The number of fused-ring (bicyclic) bond motifs is 3. The van der Waals surface area contributed by atoms with Gasteiger partial charge in [-0.1, -0.05) is 30.3 Å². The average molecular weight is 504 g/mol. The molecule has 2 N–H and O–H groups in total. The first-order chi connectivity index (χ1) is 17.1. The van der Waals surface area contributed by atoms with E-state index in [-0.39, 0.29) is 24.5 Å². The predicted molar refractivity (Wildman–Crippen MR) is 130 cm³/mol. The van der Waals surface area contributed by atoms with Crippen molar-refractivity contribution in [2.75, 3.05) is 32.5 Å². The number of anilines is 1. The molecule has 0 aliphatic carbocycles. The van der Waals surface area contributed by atoms with E-state index in [0.717, 1.165) is 18.1 Å². The van der Waals surface area contributed by atoms with Crippen molar-refractivity contribution in [1.29, 1.82) is 0 Å². The van der Waals surface area contributed by atoms with Gasteiger partial charge in [0.05, 0.1) is 23.8 Å². The Kier molecular flexibility index (Phi) is 8.00. The van der Waals surface area contributed by atoms with Crippen LogP contribution in [-0.2, 0) is 20.5 Å². The average Bonchev–Trinajstić information content (AvgIpc) is 2.86. The van der Waals surface area contributed by atoms with Gasteiger partial charge in [-0.05, 0) is 57.1 Å². The minimum atomic E-state index is -4.46. The van der Waals surface area contributed by atoms with Crippen LogP contribution < -0.4 is 10.6 Å². The summed E-state index contributed by atoms with van der Waals surface area (Å²) >= 11 is 0. The third kappa shape index (κ3) is 6.07. The first-order valence-corrected chi connectivity index (χ1v) is 12.3. The molecule has 1 fully saturated rings. The number of nitrogens with one attached hydrogen (secondary N) is 2. The number of rotatable bonds is 8. The van der Waals surface area contributed by atoms with Gasteiger partial charge < -0.3 is 20.3 Å². The molecule has 0 unspecified atom stereocenters. The molecule has 194 valence electrons. The number of ketones is 1. The largest absolute Gasteiger partial charge is 0.416 e. The lowest BCUT2D eigenvalue weighted by molar-refractivity contribution is -0.139. The van der Waals surface area contributed by atoms with Gasteiger partial charge in [0.15, 0.2) is 0 Å². The molecule has 0 spiro atoms. The first kappa shape index (κ1) is 26.2. The minimum absolute atomic E-state index is 0.0334. The summed E-state index contributed by atoms with van der Waals surface area (Å²) in [5, 5.41) is 6.06. The van der Waals surface area contributed by atoms with Crippen LogP contribution in [0.2, 0.25) is 0 Å². The highest BCUT2D eigenvalue weighted by Gasteiger charge is 2.43. The summed E-state index contributed by atoms with van der Waals surface area (Å²) in [6.07, 6.45) is -3.55. The fraction of sp³-hybridized carbons (Fsp3) is 0.481. The van der Waals surface area contributed by atoms with Gasteiger partial charge in [0.25, 0.3) is 5.91 Å². The molecular formula is C27H32F3N3O3. The Labute approximate surface area is 209 Å². The van der Waals surface area contributed by atoms with Gasteiger partial charge in [-0.15, -0.1) is 0 Å². The van der Waals surface area contributed by atoms with Crippen LogP contribution >= 0.6 is 0 Å². The lowest BCUT2D eigenvalue weighted by Gasteiger charge is -2.46. The number of carbonyl (C=O) groups excluding carboxylic acids is 2. The molecule has 2 aliphatic heterocycles. The molecule has 4 rings (SSSR count). The van der Waals surface area contributed by atoms with E-state index >= 15 is 0 Å². The van der Waals surface area contributed by atoms with Crippen molar-refractivity contribution in [2.45, 2.75) is 50.1 Å². The molecule has 6 nitrogen and oxygen atoms in total. The Hall–Kier alpha value is -2.91. The lowest BCUT2D eigenvalue weighted by Crippen LogP contribution is -2.40. The predicted octanol–water partition coefficient (Wildman–Crippen LogP) is 4.74. The van der Waals surface area contributed by atoms with E-state index in [1.807, 2.05) is 49.3 Å². The Balaban J connectivity index is 1.49. The second kappa shape index (κ2) is 11.0. The Bertz CT molecular complexity index is 1070. The molecule has 0 aromatic heterocycles. The zero-order valence-electron chi connectivity index (χ0n) is 20.5. The van der Waals surface area contributed by atoms with Gasteiger partial charge >= 0.3 is 6.18 Å². The molecule has 1 saturated heterocycles. The number of Topliss-reactive ketones (excluding diaryl/α,β-unsaturated/α-hetero) is 1. The highest BCUT2D eigenvalue weighted by atomic mass is 19.4. The topological polar surface area (TPSA) is 70.7 Å². The van der Waals surface area contributed by atoms with Crippen molar-refractivity contribution in [2.24, 2.45) is 5.92 Å². The second-order valence-electron chi connectivity index (χ2n) is 9.77. The van der Waals surface area contributed by atoms with E-state index in [0.29, 0.717) is 37.2 Å². The van der Waals surface area contributed by atoms with E-state index in [2.05, 4.69) is 10.6 Å². The molecule has 2 aromatic carbocycles. The van der Waals surface area contributed by atoms with Crippen molar-refractivity contribution in [3.63, 3.8) is 0 Å². The maximum absolute atomic E-state index is 13.5. The van der Waals surface area contributed by atoms with Crippen molar-refractivity contribution in [1.82, 2.24) is 10.2 Å². The maximum atomic E-state index is 13.5. The van der Waals surface area contributed by atoms with Crippen molar-refractivity contribution < 1.29 is 27.5 Å². The second-order valence-corrected chi connectivity index (χ2v) is 9.77. The highest BCUT2D eigenvalue weighted by Crippen LogP contribution is 2.51. The Morgan fingerprint density at radius 1 is 1.11 bits per heavy atom. The van der Waals surface area contributed by atoms with Gasteiger partial charge in [0.2, 0.25) is 5.78 Å². The Morgan fingerprint density at radius 2 is 1.86 bits per heavy atom. The first-order valence-electron chi connectivity index (χ1n) is 12.3. The number of benzene rings is 2. The number of alkyl halides is 3. The molecule has 1 amide bonds. The summed E-state index contributed by atoms with van der Waals surface area (Å²) in [5.74, 6) is -1.19. The number of likely N-dealkylation sites (N-methyl/N-ethyl adjacent to an activating group) is 1. The third-order valence-electron chi connectivity index (χ3n) is 6.92. The van der Waals surface area contributed by atoms with Crippen LogP contribution in [0.5, 0.6) is 0 Å². The van der Waals surface area contributed by atoms with E-state index in [1.54, 1.807) is 0 Å². The fourth-order valence-corrected chi connectivity index (χ4v) is 5.03. The zero-order valence-corrected chi connectivity index (χ0v) is 20.5. The number of nitrogens with zero attached hydrogens (tertiary/aromatic N) is 1. The van der Waals surface area contributed by atoms with Gasteiger partial charge in [-0.3, -0.25) is 9.59 Å². The summed E-state index contributed by atoms with van der Waals surface area (Å²) in [4.78, 5) is 26.3. The molecule has 9 heteroatoms. The van der Waals surface area contributed by atoms with Crippen LogP contribution in [0.25, 0.3) is 0 Å². The molecule has 36 heavy (non-hydrogen) atoms. The van der Waals surface area contributed by atoms with E-state index in [1.165, 1.54) is 12.1 Å². The van der Waals surface area contributed by atoms with E-state index < -0.39 is 29.5 Å². The molecule has 2 heterocycles. The number of amides is 1. The van der Waals surface area contributed by atoms with Gasteiger partial charge in [-0.25, -0.2) is 0 Å². The number of hydrogen-bond donors (Lipinski definition) is 2. The normalized spacial score (nSPS) is 23.4. The maximum Gasteiger partial charge on any atom is 0.416 e. The molecule has 2 aliphatic rings. The Morgan fingerprint density at radius 3 is 2.56 bits per heavy atom. The number of hydrogen-bond acceptors (Lipinski definition) is 5. The van der Waals surface area contributed by atoms with Gasteiger partial charge in [0.1, 0.15) is 0 Å². The third-order valence-corrected chi connectivity index (χ3v) is 6.92. The lowest BCUT2D eigenvalue weighted by atomic mass is 9.76. The minimum Gasteiger partial charge on any atom is -0.378 e. The molecule has 0 saturated carbocycles. The van der Waals surface area contributed by atoms with Gasteiger partial charge in [0, 0.05) is 36.7 Å². The molecule has 2 aromatic rings. The van der Waals surface area contributed by atoms with Crippen molar-refractivity contribution in [3.05, 3.63) is 65.2 Å².